The van der Waals surface area contributed by atoms with E-state index in [9.17, 15) is 9.18 Å². The highest BCUT2D eigenvalue weighted by Crippen LogP contribution is 2.15. The number of ether oxygens (including phenoxy) is 1. The molecule has 0 spiro atoms. The van der Waals surface area contributed by atoms with Crippen molar-refractivity contribution in [2.75, 3.05) is 26.3 Å². The van der Waals surface area contributed by atoms with E-state index in [1.807, 2.05) is 25.1 Å². The van der Waals surface area contributed by atoms with Crippen molar-refractivity contribution < 1.29 is 18.8 Å². The van der Waals surface area contributed by atoms with Gasteiger partial charge in [0.25, 0.3) is 5.91 Å². The van der Waals surface area contributed by atoms with Crippen LogP contribution in [0, 0.1) is 5.82 Å². The van der Waals surface area contributed by atoms with Crippen LogP contribution in [0.1, 0.15) is 28.9 Å². The van der Waals surface area contributed by atoms with E-state index in [0.717, 1.165) is 13.1 Å². The number of quaternary nitrogens is 1. The van der Waals surface area contributed by atoms with E-state index >= 15 is 0 Å². The number of carbonyl (C=O) groups excluding carboxylic acids is 1. The summed E-state index contributed by atoms with van der Waals surface area (Å²) in [5.74, 6) is -0.874. The third-order valence-corrected chi connectivity index (χ3v) is 4.71. The topological polar surface area (TPSA) is 42.8 Å². The molecule has 0 saturated carbocycles. The average molecular weight is 343 g/mol. The number of morpholine rings is 1. The molecule has 3 rings (SSSR count). The highest BCUT2D eigenvalue weighted by atomic mass is 19.1. The molecule has 0 aliphatic carbocycles. The highest BCUT2D eigenvalue weighted by Gasteiger charge is 2.32. The zero-order valence-electron chi connectivity index (χ0n) is 14.4. The summed E-state index contributed by atoms with van der Waals surface area (Å²) in [6.07, 6.45) is 0. The Morgan fingerprint density at radius 3 is 2.40 bits per heavy atom. The van der Waals surface area contributed by atoms with E-state index in [0.29, 0.717) is 13.2 Å². The predicted octanol–water partition coefficient (Wildman–Crippen LogP) is 1.60. The van der Waals surface area contributed by atoms with Gasteiger partial charge in [0, 0.05) is 5.56 Å². The van der Waals surface area contributed by atoms with E-state index in [4.69, 9.17) is 4.74 Å². The second-order valence-corrected chi connectivity index (χ2v) is 6.40. The Labute approximate surface area is 147 Å². The monoisotopic (exact) mass is 343 g/mol. The van der Waals surface area contributed by atoms with Gasteiger partial charge in [0.2, 0.25) is 0 Å². The van der Waals surface area contributed by atoms with E-state index < -0.39 is 5.82 Å². The molecule has 0 radical (unpaired) electrons. The van der Waals surface area contributed by atoms with Crippen molar-refractivity contribution in [3.05, 3.63) is 71.5 Å². The lowest BCUT2D eigenvalue weighted by molar-refractivity contribution is -0.940. The number of benzene rings is 2. The highest BCUT2D eigenvalue weighted by molar-refractivity contribution is 5.94. The SMILES string of the molecule is C[C@@H](NC(=O)c1ccccc1F)[C@H](c1ccccc1)[NH+]1CCOCC1. The summed E-state index contributed by atoms with van der Waals surface area (Å²) in [7, 11) is 0. The van der Waals surface area contributed by atoms with Gasteiger partial charge in [0.1, 0.15) is 24.9 Å². The molecule has 5 heteroatoms. The van der Waals surface area contributed by atoms with Crippen molar-refractivity contribution in [2.45, 2.75) is 19.0 Å². The van der Waals surface area contributed by atoms with Crippen LogP contribution in [-0.2, 0) is 4.74 Å². The Morgan fingerprint density at radius 2 is 1.72 bits per heavy atom. The maximum absolute atomic E-state index is 13.9. The molecule has 0 unspecified atom stereocenters. The van der Waals surface area contributed by atoms with Gasteiger partial charge in [-0.3, -0.25) is 4.79 Å². The molecule has 2 atom stereocenters. The number of hydrogen-bond donors (Lipinski definition) is 2. The smallest absolute Gasteiger partial charge is 0.254 e. The van der Waals surface area contributed by atoms with Crippen molar-refractivity contribution >= 4 is 5.91 Å². The van der Waals surface area contributed by atoms with E-state index in [-0.39, 0.29) is 23.6 Å². The van der Waals surface area contributed by atoms with Crippen molar-refractivity contribution in [1.29, 1.82) is 0 Å². The number of hydrogen-bond acceptors (Lipinski definition) is 2. The molecule has 1 aliphatic rings. The average Bonchev–Trinajstić information content (AvgIpc) is 2.64. The Bertz CT molecular complexity index is 702. The molecule has 2 N–H and O–H groups in total. The molecule has 2 aromatic rings. The van der Waals surface area contributed by atoms with Gasteiger partial charge >= 0.3 is 0 Å². The second kappa shape index (κ2) is 8.23. The van der Waals surface area contributed by atoms with Crippen LogP contribution in [0.3, 0.4) is 0 Å². The Morgan fingerprint density at radius 1 is 1.08 bits per heavy atom. The van der Waals surface area contributed by atoms with E-state index in [1.165, 1.54) is 22.6 Å². The number of nitrogens with one attached hydrogen (secondary N) is 2. The molecule has 132 valence electrons. The van der Waals surface area contributed by atoms with Crippen LogP contribution in [0.15, 0.2) is 54.6 Å². The second-order valence-electron chi connectivity index (χ2n) is 6.40. The van der Waals surface area contributed by atoms with Gasteiger partial charge in [0.15, 0.2) is 0 Å². The molecule has 0 aromatic heterocycles. The predicted molar refractivity (Wildman–Crippen MR) is 94.0 cm³/mol. The summed E-state index contributed by atoms with van der Waals surface area (Å²) >= 11 is 0. The number of halogens is 1. The summed E-state index contributed by atoms with van der Waals surface area (Å²) < 4.78 is 19.4. The van der Waals surface area contributed by atoms with E-state index in [2.05, 4.69) is 17.4 Å². The third-order valence-electron chi connectivity index (χ3n) is 4.71. The van der Waals surface area contributed by atoms with Crippen LogP contribution in [0.25, 0.3) is 0 Å². The van der Waals surface area contributed by atoms with E-state index in [1.54, 1.807) is 12.1 Å². The lowest BCUT2D eigenvalue weighted by Gasteiger charge is -2.35. The first-order valence-electron chi connectivity index (χ1n) is 8.69. The molecule has 0 bridgehead atoms. The fourth-order valence-corrected chi connectivity index (χ4v) is 3.50. The molecule has 1 saturated heterocycles. The van der Waals surface area contributed by atoms with Crippen molar-refractivity contribution in [1.82, 2.24) is 5.32 Å². The molecular weight excluding hydrogens is 319 g/mol. The lowest BCUT2D eigenvalue weighted by atomic mass is 9.97. The Hall–Kier alpha value is -2.24. The first-order valence-corrected chi connectivity index (χ1v) is 8.69. The minimum absolute atomic E-state index is 0.0816. The largest absolute Gasteiger partial charge is 0.370 e. The first-order chi connectivity index (χ1) is 12.2. The molecule has 1 fully saturated rings. The molecule has 25 heavy (non-hydrogen) atoms. The summed E-state index contributed by atoms with van der Waals surface area (Å²) in [6, 6.07) is 16.2. The molecular formula is C20H24FN2O2+. The zero-order valence-corrected chi connectivity index (χ0v) is 14.4. The van der Waals surface area contributed by atoms with Crippen LogP contribution in [-0.4, -0.2) is 38.3 Å². The number of carbonyl (C=O) groups is 1. The Balaban J connectivity index is 1.80. The summed E-state index contributed by atoms with van der Waals surface area (Å²) in [5, 5.41) is 2.99. The van der Waals surface area contributed by atoms with Crippen LogP contribution in [0.4, 0.5) is 4.39 Å². The first kappa shape index (κ1) is 17.6. The maximum atomic E-state index is 13.9. The molecule has 2 aromatic carbocycles. The summed E-state index contributed by atoms with van der Waals surface area (Å²) in [6.45, 7) is 5.19. The van der Waals surface area contributed by atoms with Gasteiger partial charge in [-0.05, 0) is 19.1 Å². The lowest BCUT2D eigenvalue weighted by Crippen LogP contribution is -3.15. The van der Waals surface area contributed by atoms with Crippen molar-refractivity contribution in [2.24, 2.45) is 0 Å². The van der Waals surface area contributed by atoms with Gasteiger partial charge in [-0.15, -0.1) is 0 Å². The van der Waals surface area contributed by atoms with Gasteiger partial charge < -0.3 is 15.0 Å². The minimum Gasteiger partial charge on any atom is -0.370 e. The third kappa shape index (κ3) is 4.24. The van der Waals surface area contributed by atoms with Crippen LogP contribution < -0.4 is 10.2 Å². The zero-order chi connectivity index (χ0) is 17.6. The standard InChI is InChI=1S/C20H23FN2O2/c1-15(22-20(24)17-9-5-6-10-18(17)21)19(16-7-3-2-4-8-16)23-11-13-25-14-12-23/h2-10,15,19H,11-14H2,1H3,(H,22,24)/p+1/t15-,19-/m1/s1. The normalized spacial score (nSPS) is 17.7. The molecule has 1 aliphatic heterocycles. The molecule has 4 nitrogen and oxygen atoms in total. The van der Waals surface area contributed by atoms with Gasteiger partial charge in [-0.2, -0.15) is 0 Å². The van der Waals surface area contributed by atoms with Crippen LogP contribution >= 0.6 is 0 Å². The molecule has 1 amide bonds. The molecule has 1 heterocycles. The van der Waals surface area contributed by atoms with Crippen molar-refractivity contribution in [3.63, 3.8) is 0 Å². The number of amides is 1. The van der Waals surface area contributed by atoms with Crippen LogP contribution in [0.5, 0.6) is 0 Å². The fraction of sp³-hybridized carbons (Fsp3) is 0.350. The van der Waals surface area contributed by atoms with Gasteiger partial charge in [-0.1, -0.05) is 42.5 Å². The quantitative estimate of drug-likeness (QED) is 0.866. The van der Waals surface area contributed by atoms with Gasteiger partial charge in [0.05, 0.1) is 24.8 Å². The van der Waals surface area contributed by atoms with Gasteiger partial charge in [-0.25, -0.2) is 4.39 Å². The maximum Gasteiger partial charge on any atom is 0.254 e. The fourth-order valence-electron chi connectivity index (χ4n) is 3.50. The number of rotatable bonds is 5. The Kier molecular flexibility index (Phi) is 5.79. The summed E-state index contributed by atoms with van der Waals surface area (Å²) in [4.78, 5) is 13.9. The van der Waals surface area contributed by atoms with Crippen molar-refractivity contribution in [3.8, 4) is 0 Å². The minimum atomic E-state index is -0.498. The summed E-state index contributed by atoms with van der Waals surface area (Å²) in [5.41, 5.74) is 1.25. The van der Waals surface area contributed by atoms with Crippen LogP contribution in [0.2, 0.25) is 0 Å².